The van der Waals surface area contributed by atoms with Crippen molar-refractivity contribution in [3.8, 4) is 11.5 Å². The third-order valence-corrected chi connectivity index (χ3v) is 6.24. The van der Waals surface area contributed by atoms with Gasteiger partial charge in [0.1, 0.15) is 11.5 Å². The van der Waals surface area contributed by atoms with Crippen LogP contribution >= 0.6 is 0 Å². The third kappa shape index (κ3) is 7.31. The van der Waals surface area contributed by atoms with Crippen LogP contribution in [0, 0.1) is 0 Å². The van der Waals surface area contributed by atoms with E-state index < -0.39 is 11.9 Å². The van der Waals surface area contributed by atoms with Crippen molar-refractivity contribution >= 4 is 11.9 Å². The molecule has 0 aromatic heterocycles. The molecule has 0 radical (unpaired) electrons. The zero-order chi connectivity index (χ0) is 26.7. The Morgan fingerprint density at radius 2 is 1.47 bits per heavy atom. The monoisotopic (exact) mass is 496 g/mol. The van der Waals surface area contributed by atoms with E-state index in [0.29, 0.717) is 41.0 Å². The normalized spacial score (nSPS) is 13.1. The summed E-state index contributed by atoms with van der Waals surface area (Å²) in [7, 11) is 0. The van der Waals surface area contributed by atoms with Gasteiger partial charge in [-0.2, -0.15) is 0 Å². The molecule has 0 saturated carbocycles. The molecule has 7 nitrogen and oxygen atoms in total. The van der Waals surface area contributed by atoms with Crippen LogP contribution in [0.1, 0.15) is 97.4 Å². The van der Waals surface area contributed by atoms with Crippen molar-refractivity contribution in [2.75, 3.05) is 13.1 Å². The molecule has 36 heavy (non-hydrogen) atoms. The molecule has 0 fully saturated rings. The van der Waals surface area contributed by atoms with Gasteiger partial charge in [-0.15, -0.1) is 0 Å². The van der Waals surface area contributed by atoms with E-state index in [9.17, 15) is 19.8 Å². The Kier molecular flexibility index (Phi) is 8.47. The van der Waals surface area contributed by atoms with Crippen LogP contribution in [-0.2, 0) is 19.3 Å². The molecule has 0 atom stereocenters. The summed E-state index contributed by atoms with van der Waals surface area (Å²) in [6.07, 6.45) is 3.40. The quantitative estimate of drug-likeness (QED) is 0.278. The second-order valence-electron chi connectivity index (χ2n) is 11.6. The van der Waals surface area contributed by atoms with Gasteiger partial charge in [0.25, 0.3) is 0 Å². The maximum Gasteiger partial charge on any atom is 0.336 e. The number of aromatic carboxylic acids is 2. The summed E-state index contributed by atoms with van der Waals surface area (Å²) in [5.74, 6) is -0.862. The van der Waals surface area contributed by atoms with Gasteiger partial charge in [0.2, 0.25) is 0 Å². The number of carbonyl (C=O) groups is 2. The molecular weight excluding hydrogens is 456 g/mol. The summed E-state index contributed by atoms with van der Waals surface area (Å²) in [5, 5.41) is 26.7. The van der Waals surface area contributed by atoms with Gasteiger partial charge in [0.15, 0.2) is 0 Å². The molecule has 1 aliphatic rings. The lowest BCUT2D eigenvalue weighted by Gasteiger charge is -2.26. The maximum absolute atomic E-state index is 12.6. The van der Waals surface area contributed by atoms with Crippen LogP contribution < -0.4 is 15.4 Å². The van der Waals surface area contributed by atoms with Crippen molar-refractivity contribution in [1.29, 1.82) is 0 Å². The van der Waals surface area contributed by atoms with E-state index >= 15 is 0 Å². The first kappa shape index (κ1) is 27.7. The zero-order valence-electron chi connectivity index (χ0n) is 22.4. The minimum atomic E-state index is -1.02. The van der Waals surface area contributed by atoms with Crippen molar-refractivity contribution in [1.82, 2.24) is 10.6 Å². The number of fused-ring (bicyclic) bond motifs is 2. The smallest absolute Gasteiger partial charge is 0.336 e. The molecule has 3 rings (SSSR count). The number of carboxylic acid groups (broad SMARTS) is 2. The molecule has 0 amide bonds. The average molecular weight is 497 g/mol. The van der Waals surface area contributed by atoms with E-state index in [1.165, 1.54) is 6.07 Å². The molecule has 4 N–H and O–H groups in total. The highest BCUT2D eigenvalue weighted by Crippen LogP contribution is 2.41. The topological polar surface area (TPSA) is 108 Å². The van der Waals surface area contributed by atoms with Gasteiger partial charge >= 0.3 is 11.9 Å². The Labute approximate surface area is 214 Å². The van der Waals surface area contributed by atoms with Crippen molar-refractivity contribution in [2.45, 2.75) is 84.7 Å². The summed E-state index contributed by atoms with van der Waals surface area (Å²) < 4.78 is 6.15. The van der Waals surface area contributed by atoms with E-state index in [1.54, 1.807) is 12.1 Å². The number of hydrogen-bond donors (Lipinski definition) is 4. The number of rotatable bonds is 10. The second-order valence-corrected chi connectivity index (χ2v) is 11.6. The Bertz CT molecular complexity index is 1130. The molecule has 2 aromatic rings. The van der Waals surface area contributed by atoms with Gasteiger partial charge in [0.05, 0.1) is 11.1 Å². The Hall–Kier alpha value is -2.90. The first-order valence-electron chi connectivity index (χ1n) is 12.7. The highest BCUT2D eigenvalue weighted by molar-refractivity contribution is 5.93. The molecule has 0 bridgehead atoms. The molecule has 0 aliphatic carbocycles. The van der Waals surface area contributed by atoms with Crippen LogP contribution in [0.2, 0.25) is 0 Å². The van der Waals surface area contributed by atoms with Gasteiger partial charge in [-0.1, -0.05) is 0 Å². The third-order valence-electron chi connectivity index (χ3n) is 6.24. The molecule has 1 heterocycles. The van der Waals surface area contributed by atoms with E-state index in [1.807, 2.05) is 6.07 Å². The molecule has 1 aliphatic heterocycles. The Morgan fingerprint density at radius 1 is 0.861 bits per heavy atom. The molecule has 0 unspecified atom stereocenters. The van der Waals surface area contributed by atoms with Crippen molar-refractivity contribution < 1.29 is 24.5 Å². The summed E-state index contributed by atoms with van der Waals surface area (Å²) >= 11 is 0. The van der Waals surface area contributed by atoms with Crippen LogP contribution in [0.4, 0.5) is 0 Å². The molecule has 196 valence electrons. The zero-order valence-corrected chi connectivity index (χ0v) is 22.4. The van der Waals surface area contributed by atoms with E-state index in [2.05, 4.69) is 52.2 Å². The highest BCUT2D eigenvalue weighted by Gasteiger charge is 2.28. The molecular formula is C29H40N2O5. The second kappa shape index (κ2) is 11.0. The van der Waals surface area contributed by atoms with Crippen molar-refractivity contribution in [3.63, 3.8) is 0 Å². The first-order valence-corrected chi connectivity index (χ1v) is 12.7. The van der Waals surface area contributed by atoms with Crippen molar-refractivity contribution in [3.05, 3.63) is 57.6 Å². The van der Waals surface area contributed by atoms with Gasteiger partial charge < -0.3 is 25.6 Å². The predicted octanol–water partition coefficient (Wildman–Crippen LogP) is 5.42. The Morgan fingerprint density at radius 3 is 2.03 bits per heavy atom. The lowest BCUT2D eigenvalue weighted by Crippen LogP contribution is -2.36. The van der Waals surface area contributed by atoms with Crippen molar-refractivity contribution in [2.24, 2.45) is 0 Å². The summed E-state index contributed by atoms with van der Waals surface area (Å²) in [5.41, 5.74) is 3.64. The van der Waals surface area contributed by atoms with Crippen LogP contribution in [0.15, 0.2) is 24.3 Å². The summed E-state index contributed by atoms with van der Waals surface area (Å²) in [6, 6.07) is 6.74. The van der Waals surface area contributed by atoms with Gasteiger partial charge in [-0.25, -0.2) is 9.59 Å². The fourth-order valence-corrected chi connectivity index (χ4v) is 4.56. The van der Waals surface area contributed by atoms with Gasteiger partial charge in [-0.3, -0.25) is 0 Å². The SMILES string of the molecule is CC(C)(C)NCCCc1cc2c(c(C(=O)O)c1CCCNC(C)(C)C)Cc1cc(C(=O)O)ccc1O2. The number of benzene rings is 2. The number of hydrogen-bond acceptors (Lipinski definition) is 5. The first-order chi connectivity index (χ1) is 16.7. The number of ether oxygens (including phenoxy) is 1. The maximum atomic E-state index is 12.6. The van der Waals surface area contributed by atoms with E-state index in [0.717, 1.165) is 43.5 Å². The van der Waals surface area contributed by atoms with E-state index in [-0.39, 0.29) is 16.6 Å². The van der Waals surface area contributed by atoms with Gasteiger partial charge in [0, 0.05) is 28.6 Å². The molecule has 0 saturated heterocycles. The molecule has 7 heteroatoms. The van der Waals surface area contributed by atoms with Crippen LogP contribution in [0.3, 0.4) is 0 Å². The molecule has 2 aromatic carbocycles. The standard InChI is InChI=1S/C29H40N2O5/c1-28(2,3)30-13-7-9-18-17-24-22(16-20-15-19(26(32)33)11-12-23(20)36-24)25(27(34)35)21(18)10-8-14-31-29(4,5)6/h11-12,15,17,30-31H,7-10,13-14,16H2,1-6H3,(H,32,33)(H,34,35). The lowest BCUT2D eigenvalue weighted by molar-refractivity contribution is 0.0683. The van der Waals surface area contributed by atoms with Crippen LogP contribution in [0.5, 0.6) is 11.5 Å². The van der Waals surface area contributed by atoms with Crippen LogP contribution in [0.25, 0.3) is 0 Å². The lowest BCUT2D eigenvalue weighted by atomic mass is 9.86. The largest absolute Gasteiger partial charge is 0.478 e. The highest BCUT2D eigenvalue weighted by atomic mass is 16.5. The predicted molar refractivity (Wildman–Crippen MR) is 142 cm³/mol. The minimum Gasteiger partial charge on any atom is -0.478 e. The summed E-state index contributed by atoms with van der Waals surface area (Å²) in [6.45, 7) is 14.3. The molecule has 0 spiro atoms. The number of aryl methyl sites for hydroxylation is 1. The number of nitrogens with one attached hydrogen (secondary N) is 2. The fourth-order valence-electron chi connectivity index (χ4n) is 4.56. The number of carboxylic acids is 2. The van der Waals surface area contributed by atoms with Crippen LogP contribution in [-0.4, -0.2) is 46.3 Å². The average Bonchev–Trinajstić information content (AvgIpc) is 2.76. The van der Waals surface area contributed by atoms with E-state index in [4.69, 9.17) is 4.74 Å². The minimum absolute atomic E-state index is 0.00761. The van der Waals surface area contributed by atoms with Gasteiger partial charge in [-0.05, 0) is 116 Å². The summed E-state index contributed by atoms with van der Waals surface area (Å²) in [4.78, 5) is 24.1. The fraction of sp³-hybridized carbons (Fsp3) is 0.517. The Balaban J connectivity index is 1.97.